The first-order valence-electron chi connectivity index (χ1n) is 11.4. The molecule has 2 N–H and O–H groups in total. The SMILES string of the molecule is C[C@]12CC/C(=N\OCCCCN)CC1CCC1C2CC[C@]2(C)C(=O)CCC12. The molecule has 4 aliphatic carbocycles. The lowest BCUT2D eigenvalue weighted by molar-refractivity contribution is -0.137. The molecule has 27 heavy (non-hydrogen) atoms. The van der Waals surface area contributed by atoms with E-state index >= 15 is 0 Å². The van der Waals surface area contributed by atoms with Crippen molar-refractivity contribution in [2.24, 2.45) is 45.4 Å². The average molecular weight is 375 g/mol. The molecular weight excluding hydrogens is 336 g/mol. The smallest absolute Gasteiger partial charge is 0.139 e. The largest absolute Gasteiger partial charge is 0.396 e. The summed E-state index contributed by atoms with van der Waals surface area (Å²) in [4.78, 5) is 18.1. The second-order valence-corrected chi connectivity index (χ2v) is 10.3. The molecule has 0 amide bonds. The molecular formula is C23H38N2O2. The number of unbranched alkanes of at least 4 members (excludes halogenated alkanes) is 1. The van der Waals surface area contributed by atoms with E-state index in [1.165, 1.54) is 31.4 Å². The van der Waals surface area contributed by atoms with Crippen molar-refractivity contribution in [1.82, 2.24) is 0 Å². The molecule has 0 heterocycles. The van der Waals surface area contributed by atoms with E-state index in [1.807, 2.05) is 0 Å². The van der Waals surface area contributed by atoms with Gasteiger partial charge in [-0.15, -0.1) is 0 Å². The van der Waals surface area contributed by atoms with Gasteiger partial charge in [0.1, 0.15) is 12.4 Å². The van der Waals surface area contributed by atoms with Crippen LogP contribution in [-0.2, 0) is 9.63 Å². The van der Waals surface area contributed by atoms with Gasteiger partial charge in [-0.05, 0) is 99.8 Å². The Labute approximate surface area is 164 Å². The number of fused-ring (bicyclic) bond motifs is 5. The number of nitrogens with zero attached hydrogens (tertiary/aromatic N) is 1. The quantitative estimate of drug-likeness (QED) is 0.560. The standard InChI is InChI=1S/C23H38N2O2/c1-22-11-9-17(25-27-14-4-3-13-24)15-16(22)5-6-18-19-7-8-21(26)23(19,2)12-10-20(18)22/h16,18-20H,3-15,24H2,1-2H3/b25-17+/t16?,18?,19?,20?,22-,23-/m0/s1. The average Bonchev–Trinajstić information content (AvgIpc) is 2.97. The van der Waals surface area contributed by atoms with Crippen LogP contribution in [0, 0.1) is 34.5 Å². The first-order chi connectivity index (χ1) is 13.0. The van der Waals surface area contributed by atoms with Crippen molar-refractivity contribution in [3.8, 4) is 0 Å². The van der Waals surface area contributed by atoms with Gasteiger partial charge in [-0.25, -0.2) is 0 Å². The van der Waals surface area contributed by atoms with Crippen LogP contribution in [0.4, 0.5) is 0 Å². The number of ketones is 1. The highest BCUT2D eigenvalue weighted by Gasteiger charge is 2.60. The molecule has 0 spiro atoms. The topological polar surface area (TPSA) is 64.7 Å². The molecule has 4 saturated carbocycles. The highest BCUT2D eigenvalue weighted by molar-refractivity contribution is 5.87. The summed E-state index contributed by atoms with van der Waals surface area (Å²) >= 11 is 0. The van der Waals surface area contributed by atoms with Crippen LogP contribution in [0.15, 0.2) is 5.16 Å². The van der Waals surface area contributed by atoms with Gasteiger partial charge < -0.3 is 10.6 Å². The predicted molar refractivity (Wildman–Crippen MR) is 108 cm³/mol. The summed E-state index contributed by atoms with van der Waals surface area (Å²) in [6.45, 7) is 6.27. The summed E-state index contributed by atoms with van der Waals surface area (Å²) < 4.78 is 0. The first-order valence-corrected chi connectivity index (χ1v) is 11.4. The fourth-order valence-electron chi connectivity index (χ4n) is 7.36. The Kier molecular flexibility index (Phi) is 5.39. The molecule has 6 atom stereocenters. The minimum absolute atomic E-state index is 0.00299. The number of hydrogen-bond donors (Lipinski definition) is 1. The summed E-state index contributed by atoms with van der Waals surface area (Å²) in [6.07, 6.45) is 12.5. The summed E-state index contributed by atoms with van der Waals surface area (Å²) in [7, 11) is 0. The van der Waals surface area contributed by atoms with Gasteiger partial charge >= 0.3 is 0 Å². The number of Topliss-reactive ketones (excluding diaryl/α,β-unsaturated/α-hetero) is 1. The highest BCUT2D eigenvalue weighted by atomic mass is 16.6. The third-order valence-electron chi connectivity index (χ3n) is 9.09. The van der Waals surface area contributed by atoms with Crippen molar-refractivity contribution in [3.05, 3.63) is 0 Å². The monoisotopic (exact) mass is 374 g/mol. The van der Waals surface area contributed by atoms with E-state index in [2.05, 4.69) is 19.0 Å². The lowest BCUT2D eigenvalue weighted by Gasteiger charge is -2.59. The van der Waals surface area contributed by atoms with Gasteiger partial charge in [-0.2, -0.15) is 0 Å². The zero-order valence-electron chi connectivity index (χ0n) is 17.3. The molecule has 4 heteroatoms. The molecule has 0 aromatic carbocycles. The Morgan fingerprint density at radius 3 is 2.74 bits per heavy atom. The van der Waals surface area contributed by atoms with Crippen molar-refractivity contribution in [2.45, 2.75) is 84.5 Å². The molecule has 0 aromatic heterocycles. The normalized spacial score (nSPS) is 45.3. The predicted octanol–water partition coefficient (Wildman–Crippen LogP) is 4.71. The van der Waals surface area contributed by atoms with Gasteiger partial charge in [0.05, 0.1) is 5.71 Å². The van der Waals surface area contributed by atoms with Gasteiger partial charge in [0.25, 0.3) is 0 Å². The minimum atomic E-state index is 0.00299. The van der Waals surface area contributed by atoms with Crippen LogP contribution in [0.1, 0.15) is 84.5 Å². The highest BCUT2D eigenvalue weighted by Crippen LogP contribution is 2.65. The number of carbonyl (C=O) groups excluding carboxylic acids is 1. The van der Waals surface area contributed by atoms with E-state index in [0.29, 0.717) is 23.7 Å². The molecule has 4 nitrogen and oxygen atoms in total. The van der Waals surface area contributed by atoms with Crippen LogP contribution < -0.4 is 5.73 Å². The molecule has 0 saturated heterocycles. The summed E-state index contributed by atoms with van der Waals surface area (Å²) in [5.74, 6) is 3.56. The first kappa shape index (κ1) is 19.4. The van der Waals surface area contributed by atoms with Gasteiger partial charge in [0.2, 0.25) is 0 Å². The molecule has 0 aliphatic heterocycles. The molecule has 4 unspecified atom stereocenters. The van der Waals surface area contributed by atoms with E-state index in [9.17, 15) is 4.79 Å². The maximum Gasteiger partial charge on any atom is 0.139 e. The molecule has 4 rings (SSSR count). The van der Waals surface area contributed by atoms with Crippen molar-refractivity contribution >= 4 is 11.5 Å². The Hall–Kier alpha value is -0.900. The molecule has 4 fully saturated rings. The zero-order valence-corrected chi connectivity index (χ0v) is 17.3. The second-order valence-electron chi connectivity index (χ2n) is 10.3. The van der Waals surface area contributed by atoms with Gasteiger partial charge in [-0.3, -0.25) is 4.79 Å². The van der Waals surface area contributed by atoms with Crippen molar-refractivity contribution in [3.63, 3.8) is 0 Å². The lowest BCUT2D eigenvalue weighted by atomic mass is 9.45. The maximum absolute atomic E-state index is 12.5. The van der Waals surface area contributed by atoms with Crippen LogP contribution >= 0.6 is 0 Å². The summed E-state index contributed by atoms with van der Waals surface area (Å²) in [5.41, 5.74) is 7.25. The zero-order chi connectivity index (χ0) is 19.1. The number of nitrogens with two attached hydrogens (primary N) is 1. The molecule has 152 valence electrons. The Morgan fingerprint density at radius 2 is 1.93 bits per heavy atom. The van der Waals surface area contributed by atoms with Crippen LogP contribution in [0.2, 0.25) is 0 Å². The summed E-state index contributed by atoms with van der Waals surface area (Å²) in [6, 6.07) is 0. The van der Waals surface area contributed by atoms with Crippen molar-refractivity contribution in [2.75, 3.05) is 13.2 Å². The van der Waals surface area contributed by atoms with Gasteiger partial charge in [-0.1, -0.05) is 19.0 Å². The molecule has 0 aromatic rings. The number of oxime groups is 1. The Bertz CT molecular complexity index is 603. The molecule has 0 radical (unpaired) electrons. The minimum Gasteiger partial charge on any atom is -0.396 e. The third kappa shape index (κ3) is 3.26. The number of hydrogen-bond acceptors (Lipinski definition) is 4. The van der Waals surface area contributed by atoms with Gasteiger partial charge in [0, 0.05) is 11.8 Å². The fraction of sp³-hybridized carbons (Fsp3) is 0.913. The lowest BCUT2D eigenvalue weighted by Crippen LogP contribution is -2.53. The van der Waals surface area contributed by atoms with Crippen LogP contribution in [-0.4, -0.2) is 24.6 Å². The van der Waals surface area contributed by atoms with E-state index in [4.69, 9.17) is 10.6 Å². The Morgan fingerprint density at radius 1 is 1.07 bits per heavy atom. The van der Waals surface area contributed by atoms with E-state index in [1.54, 1.807) is 0 Å². The van der Waals surface area contributed by atoms with E-state index in [0.717, 1.165) is 69.2 Å². The van der Waals surface area contributed by atoms with Crippen LogP contribution in [0.5, 0.6) is 0 Å². The number of rotatable bonds is 5. The molecule has 0 bridgehead atoms. The van der Waals surface area contributed by atoms with E-state index < -0.39 is 0 Å². The second kappa shape index (κ2) is 7.50. The molecule has 4 aliphatic rings. The van der Waals surface area contributed by atoms with Crippen LogP contribution in [0.25, 0.3) is 0 Å². The maximum atomic E-state index is 12.5. The van der Waals surface area contributed by atoms with Crippen molar-refractivity contribution < 1.29 is 9.63 Å². The van der Waals surface area contributed by atoms with Crippen molar-refractivity contribution in [1.29, 1.82) is 0 Å². The number of carbonyl (C=O) groups is 1. The van der Waals surface area contributed by atoms with Crippen LogP contribution in [0.3, 0.4) is 0 Å². The Balaban J connectivity index is 1.42. The summed E-state index contributed by atoms with van der Waals surface area (Å²) in [5, 5.41) is 4.49. The third-order valence-corrected chi connectivity index (χ3v) is 9.09. The van der Waals surface area contributed by atoms with Gasteiger partial charge in [0.15, 0.2) is 0 Å². The fourth-order valence-corrected chi connectivity index (χ4v) is 7.36. The van der Waals surface area contributed by atoms with E-state index in [-0.39, 0.29) is 5.41 Å².